The molecule has 0 saturated heterocycles. The third-order valence-corrected chi connectivity index (χ3v) is 4.85. The molecule has 1 heterocycles. The largest absolute Gasteiger partial charge is 0.496 e. The van der Waals surface area contributed by atoms with Crippen molar-refractivity contribution in [3.8, 4) is 5.75 Å². The Morgan fingerprint density at radius 2 is 1.95 bits per heavy atom. The van der Waals surface area contributed by atoms with E-state index in [4.69, 9.17) is 4.74 Å². The minimum Gasteiger partial charge on any atom is -0.496 e. The van der Waals surface area contributed by atoms with Gasteiger partial charge in [-0.1, -0.05) is 42.5 Å². The van der Waals surface area contributed by atoms with E-state index in [1.165, 1.54) is 21.2 Å². The lowest BCUT2D eigenvalue weighted by Crippen LogP contribution is -2.17. The molecule has 3 heteroatoms. The molecule has 1 unspecified atom stereocenters. The zero-order chi connectivity index (χ0) is 14.7. The molecular formula is C18H19NOS. The first-order valence-corrected chi connectivity index (χ1v) is 7.96. The fourth-order valence-electron chi connectivity index (χ4n) is 2.66. The minimum absolute atomic E-state index is 0.310. The summed E-state index contributed by atoms with van der Waals surface area (Å²) in [5, 5.41) is 8.12. The van der Waals surface area contributed by atoms with Crippen LogP contribution >= 0.6 is 11.3 Å². The van der Waals surface area contributed by atoms with Crippen molar-refractivity contribution < 1.29 is 4.74 Å². The Bertz CT molecular complexity index is 729. The van der Waals surface area contributed by atoms with E-state index in [0.717, 1.165) is 12.2 Å². The molecule has 0 aliphatic rings. The lowest BCUT2D eigenvalue weighted by Gasteiger charge is -2.16. The van der Waals surface area contributed by atoms with Gasteiger partial charge in [0, 0.05) is 16.3 Å². The van der Waals surface area contributed by atoms with Crippen LogP contribution in [0.2, 0.25) is 0 Å². The van der Waals surface area contributed by atoms with Gasteiger partial charge in [-0.15, -0.1) is 11.3 Å². The second kappa shape index (κ2) is 6.29. The Hall–Kier alpha value is -1.84. The number of hydrogen-bond acceptors (Lipinski definition) is 3. The lowest BCUT2D eigenvalue weighted by atomic mass is 9.98. The second-order valence-electron chi connectivity index (χ2n) is 5.07. The maximum absolute atomic E-state index is 5.29. The predicted molar refractivity (Wildman–Crippen MR) is 90.3 cm³/mol. The van der Waals surface area contributed by atoms with Gasteiger partial charge in [-0.25, -0.2) is 0 Å². The van der Waals surface area contributed by atoms with Gasteiger partial charge in [-0.05, 0) is 35.9 Å². The predicted octanol–water partition coefficient (Wildman–Crippen LogP) is 4.41. The Kier molecular flexibility index (Phi) is 4.23. The van der Waals surface area contributed by atoms with E-state index in [0.29, 0.717) is 6.04 Å². The summed E-state index contributed by atoms with van der Waals surface area (Å²) in [4.78, 5) is 1.31. The molecule has 0 radical (unpaired) electrons. The van der Waals surface area contributed by atoms with Crippen LogP contribution in [-0.2, 0) is 6.42 Å². The Balaban J connectivity index is 1.92. The van der Waals surface area contributed by atoms with E-state index in [2.05, 4.69) is 59.2 Å². The van der Waals surface area contributed by atoms with Crippen molar-refractivity contribution in [1.29, 1.82) is 0 Å². The SMILES string of the molecule is CNC(Cc1cccc2ccccc12)c1cc(OC)cs1. The molecule has 0 aliphatic carbocycles. The van der Waals surface area contributed by atoms with Crippen molar-refractivity contribution >= 4 is 22.1 Å². The summed E-state index contributed by atoms with van der Waals surface area (Å²) >= 11 is 1.74. The van der Waals surface area contributed by atoms with Crippen LogP contribution in [-0.4, -0.2) is 14.2 Å². The van der Waals surface area contributed by atoms with Crippen LogP contribution in [0.5, 0.6) is 5.75 Å². The highest BCUT2D eigenvalue weighted by atomic mass is 32.1. The van der Waals surface area contributed by atoms with Crippen LogP contribution in [0, 0.1) is 0 Å². The van der Waals surface area contributed by atoms with E-state index in [1.54, 1.807) is 18.4 Å². The van der Waals surface area contributed by atoms with Gasteiger partial charge in [0.05, 0.1) is 7.11 Å². The Morgan fingerprint density at radius 1 is 1.14 bits per heavy atom. The van der Waals surface area contributed by atoms with Crippen molar-refractivity contribution in [2.45, 2.75) is 12.5 Å². The Morgan fingerprint density at radius 3 is 2.71 bits per heavy atom. The van der Waals surface area contributed by atoms with Crippen molar-refractivity contribution in [1.82, 2.24) is 5.32 Å². The molecule has 108 valence electrons. The van der Waals surface area contributed by atoms with Crippen molar-refractivity contribution in [2.75, 3.05) is 14.2 Å². The molecule has 21 heavy (non-hydrogen) atoms. The summed E-state index contributed by atoms with van der Waals surface area (Å²) in [6.45, 7) is 0. The first-order valence-electron chi connectivity index (χ1n) is 7.08. The summed E-state index contributed by atoms with van der Waals surface area (Å²) in [6, 6.07) is 17.5. The number of rotatable bonds is 5. The monoisotopic (exact) mass is 297 g/mol. The number of ether oxygens (including phenoxy) is 1. The fourth-order valence-corrected chi connectivity index (χ4v) is 3.63. The zero-order valence-electron chi connectivity index (χ0n) is 12.3. The molecule has 1 atom stereocenters. The summed E-state index contributed by atoms with van der Waals surface area (Å²) in [5.41, 5.74) is 1.37. The van der Waals surface area contributed by atoms with Crippen molar-refractivity contribution in [3.05, 3.63) is 64.4 Å². The van der Waals surface area contributed by atoms with Crippen LogP contribution in [0.15, 0.2) is 53.9 Å². The average molecular weight is 297 g/mol. The normalized spacial score (nSPS) is 12.5. The van der Waals surface area contributed by atoms with E-state index < -0.39 is 0 Å². The first-order chi connectivity index (χ1) is 10.3. The maximum atomic E-state index is 5.29. The quantitative estimate of drug-likeness (QED) is 0.753. The van der Waals surface area contributed by atoms with Gasteiger partial charge < -0.3 is 10.1 Å². The number of hydrogen-bond donors (Lipinski definition) is 1. The number of benzene rings is 2. The molecule has 2 aromatic carbocycles. The highest BCUT2D eigenvalue weighted by Gasteiger charge is 2.14. The number of nitrogens with one attached hydrogen (secondary N) is 1. The first kappa shape index (κ1) is 14.1. The second-order valence-corrected chi connectivity index (χ2v) is 6.02. The van der Waals surface area contributed by atoms with Gasteiger partial charge in [0.25, 0.3) is 0 Å². The van der Waals surface area contributed by atoms with Crippen LogP contribution < -0.4 is 10.1 Å². The topological polar surface area (TPSA) is 21.3 Å². The molecule has 0 saturated carbocycles. The highest BCUT2D eigenvalue weighted by molar-refractivity contribution is 7.10. The smallest absolute Gasteiger partial charge is 0.129 e. The minimum atomic E-state index is 0.310. The lowest BCUT2D eigenvalue weighted by molar-refractivity contribution is 0.416. The van der Waals surface area contributed by atoms with Gasteiger partial charge in [0.2, 0.25) is 0 Å². The number of likely N-dealkylation sites (N-methyl/N-ethyl adjacent to an activating group) is 1. The zero-order valence-corrected chi connectivity index (χ0v) is 13.1. The van der Waals surface area contributed by atoms with E-state index in [-0.39, 0.29) is 0 Å². The summed E-state index contributed by atoms with van der Waals surface area (Å²) in [5.74, 6) is 0.938. The number of thiophene rings is 1. The molecule has 0 amide bonds. The van der Waals surface area contributed by atoms with E-state index >= 15 is 0 Å². The third kappa shape index (κ3) is 2.94. The summed E-state index contributed by atoms with van der Waals surface area (Å²) in [7, 11) is 3.73. The molecule has 1 aromatic heterocycles. The molecule has 0 aliphatic heterocycles. The molecule has 1 N–H and O–H groups in total. The third-order valence-electron chi connectivity index (χ3n) is 3.83. The van der Waals surface area contributed by atoms with Crippen LogP contribution in [0.25, 0.3) is 10.8 Å². The highest BCUT2D eigenvalue weighted by Crippen LogP contribution is 2.30. The number of fused-ring (bicyclic) bond motifs is 1. The van der Waals surface area contributed by atoms with Gasteiger partial charge >= 0.3 is 0 Å². The average Bonchev–Trinajstić information content (AvgIpc) is 3.01. The maximum Gasteiger partial charge on any atom is 0.129 e. The van der Waals surface area contributed by atoms with Crippen molar-refractivity contribution in [2.24, 2.45) is 0 Å². The molecule has 3 aromatic rings. The van der Waals surface area contributed by atoms with Crippen LogP contribution in [0.3, 0.4) is 0 Å². The van der Waals surface area contributed by atoms with Crippen molar-refractivity contribution in [3.63, 3.8) is 0 Å². The molecule has 0 spiro atoms. The van der Waals surface area contributed by atoms with Gasteiger partial charge in [0.15, 0.2) is 0 Å². The number of methoxy groups -OCH3 is 1. The fraction of sp³-hybridized carbons (Fsp3) is 0.222. The Labute approximate surface area is 129 Å². The molecule has 0 fully saturated rings. The van der Waals surface area contributed by atoms with E-state index in [1.807, 2.05) is 7.05 Å². The summed E-state index contributed by atoms with van der Waals surface area (Å²) in [6.07, 6.45) is 0.974. The molecular weight excluding hydrogens is 278 g/mol. The van der Waals surface area contributed by atoms with Gasteiger partial charge in [-0.3, -0.25) is 0 Å². The summed E-state index contributed by atoms with van der Waals surface area (Å²) < 4.78 is 5.29. The molecule has 2 nitrogen and oxygen atoms in total. The van der Waals surface area contributed by atoms with Gasteiger partial charge in [-0.2, -0.15) is 0 Å². The van der Waals surface area contributed by atoms with Crippen LogP contribution in [0.1, 0.15) is 16.5 Å². The molecule has 0 bridgehead atoms. The molecule has 3 rings (SSSR count). The van der Waals surface area contributed by atoms with Crippen LogP contribution in [0.4, 0.5) is 0 Å². The van der Waals surface area contributed by atoms with Gasteiger partial charge in [0.1, 0.15) is 5.75 Å². The van der Waals surface area contributed by atoms with E-state index in [9.17, 15) is 0 Å². The standard InChI is InChI=1S/C18H19NOS/c1-19-17(18-11-15(20-2)12-21-18)10-14-8-5-7-13-6-3-4-9-16(13)14/h3-9,11-12,17,19H,10H2,1-2H3.